The second-order valence-electron chi connectivity index (χ2n) is 5.79. The van der Waals surface area contributed by atoms with Crippen LogP contribution < -0.4 is 10.2 Å². The molecule has 0 radical (unpaired) electrons. The predicted molar refractivity (Wildman–Crippen MR) is 110 cm³/mol. The van der Waals surface area contributed by atoms with Gasteiger partial charge >= 0.3 is 0 Å². The second kappa shape index (κ2) is 8.75. The summed E-state index contributed by atoms with van der Waals surface area (Å²) in [5.41, 5.74) is 6.91. The average Bonchev–Trinajstić information content (AvgIpc) is 2.64. The van der Waals surface area contributed by atoms with Gasteiger partial charge in [-0.2, -0.15) is 5.10 Å². The number of nitrogens with zero attached hydrogens (tertiary/aromatic N) is 1. The number of anilines is 1. The van der Waals surface area contributed by atoms with Crippen molar-refractivity contribution in [2.45, 2.75) is 13.5 Å². The number of halogens is 2. The molecule has 26 heavy (non-hydrogen) atoms. The van der Waals surface area contributed by atoms with Crippen LogP contribution in [0.2, 0.25) is 10.0 Å². The van der Waals surface area contributed by atoms with Crippen LogP contribution in [0.5, 0.6) is 5.75 Å². The van der Waals surface area contributed by atoms with Crippen molar-refractivity contribution in [2.24, 2.45) is 5.10 Å². The first-order valence-corrected chi connectivity index (χ1v) is 8.89. The SMILES string of the molecule is Cc1ccc(NN=Cc2ccc(OCc3c(Cl)cccc3Cl)cc2)cc1. The lowest BCUT2D eigenvalue weighted by molar-refractivity contribution is 0.306. The number of benzene rings is 3. The van der Waals surface area contributed by atoms with Crippen molar-refractivity contribution in [3.8, 4) is 5.75 Å². The normalized spacial score (nSPS) is 10.9. The third kappa shape index (κ3) is 5.01. The van der Waals surface area contributed by atoms with Gasteiger partial charge in [0.2, 0.25) is 0 Å². The van der Waals surface area contributed by atoms with Crippen molar-refractivity contribution < 1.29 is 4.74 Å². The fourth-order valence-corrected chi connectivity index (χ4v) is 2.79. The van der Waals surface area contributed by atoms with E-state index in [-0.39, 0.29) is 0 Å². The molecule has 0 saturated heterocycles. The highest BCUT2D eigenvalue weighted by Crippen LogP contribution is 2.25. The van der Waals surface area contributed by atoms with Gasteiger partial charge in [0.15, 0.2) is 0 Å². The molecule has 0 heterocycles. The Bertz CT molecular complexity index is 871. The van der Waals surface area contributed by atoms with E-state index < -0.39 is 0 Å². The molecule has 0 spiro atoms. The zero-order valence-corrected chi connectivity index (χ0v) is 15.8. The van der Waals surface area contributed by atoms with E-state index >= 15 is 0 Å². The van der Waals surface area contributed by atoms with Gasteiger partial charge in [-0.15, -0.1) is 0 Å². The summed E-state index contributed by atoms with van der Waals surface area (Å²) in [5, 5.41) is 5.44. The smallest absolute Gasteiger partial charge is 0.119 e. The molecule has 0 bridgehead atoms. The molecule has 3 nitrogen and oxygen atoms in total. The maximum Gasteiger partial charge on any atom is 0.119 e. The van der Waals surface area contributed by atoms with Crippen LogP contribution in [0.25, 0.3) is 0 Å². The Balaban J connectivity index is 1.56. The molecule has 0 aliphatic heterocycles. The highest BCUT2D eigenvalue weighted by atomic mass is 35.5. The molecule has 3 aromatic carbocycles. The minimum absolute atomic E-state index is 0.320. The summed E-state index contributed by atoms with van der Waals surface area (Å²) in [6.07, 6.45) is 1.76. The Morgan fingerprint density at radius 2 is 1.58 bits per heavy atom. The molecule has 0 atom stereocenters. The molecular weight excluding hydrogens is 367 g/mol. The molecule has 0 aliphatic carbocycles. The third-order valence-corrected chi connectivity index (χ3v) is 4.49. The van der Waals surface area contributed by atoms with E-state index in [9.17, 15) is 0 Å². The highest BCUT2D eigenvalue weighted by molar-refractivity contribution is 6.35. The van der Waals surface area contributed by atoms with Crippen LogP contribution in [-0.2, 0) is 6.61 Å². The molecule has 0 amide bonds. The van der Waals surface area contributed by atoms with E-state index in [2.05, 4.69) is 17.5 Å². The predicted octanol–water partition coefficient (Wildman–Crippen LogP) is 6.33. The number of hydrogen-bond donors (Lipinski definition) is 1. The summed E-state index contributed by atoms with van der Waals surface area (Å²) in [5.74, 6) is 0.740. The fourth-order valence-electron chi connectivity index (χ4n) is 2.29. The fraction of sp³-hybridized carbons (Fsp3) is 0.0952. The van der Waals surface area contributed by atoms with Crippen LogP contribution in [0, 0.1) is 6.92 Å². The van der Waals surface area contributed by atoms with Crippen molar-refractivity contribution in [1.82, 2.24) is 0 Å². The van der Waals surface area contributed by atoms with Gasteiger partial charge in [-0.25, -0.2) is 0 Å². The van der Waals surface area contributed by atoms with Crippen molar-refractivity contribution in [3.63, 3.8) is 0 Å². The van der Waals surface area contributed by atoms with Crippen LogP contribution in [0.4, 0.5) is 5.69 Å². The Hall–Kier alpha value is -2.49. The number of hydrazone groups is 1. The maximum absolute atomic E-state index is 6.15. The first kappa shape index (κ1) is 18.3. The van der Waals surface area contributed by atoms with Gasteiger partial charge in [0.1, 0.15) is 12.4 Å². The van der Waals surface area contributed by atoms with Gasteiger partial charge in [0.05, 0.1) is 11.9 Å². The van der Waals surface area contributed by atoms with E-state index in [1.807, 2.05) is 54.6 Å². The summed E-state index contributed by atoms with van der Waals surface area (Å²) in [4.78, 5) is 0. The molecule has 1 N–H and O–H groups in total. The van der Waals surface area contributed by atoms with Crippen LogP contribution in [0.15, 0.2) is 71.8 Å². The largest absolute Gasteiger partial charge is 0.489 e. The summed E-state index contributed by atoms with van der Waals surface area (Å²) in [7, 11) is 0. The molecule has 5 heteroatoms. The minimum Gasteiger partial charge on any atom is -0.489 e. The maximum atomic E-state index is 6.15. The van der Waals surface area contributed by atoms with Crippen molar-refractivity contribution in [2.75, 3.05) is 5.43 Å². The average molecular weight is 385 g/mol. The monoisotopic (exact) mass is 384 g/mol. The van der Waals surface area contributed by atoms with E-state index in [4.69, 9.17) is 27.9 Å². The molecule has 3 aromatic rings. The lowest BCUT2D eigenvalue weighted by atomic mass is 10.2. The molecule has 0 unspecified atom stereocenters. The Kier molecular flexibility index (Phi) is 6.16. The van der Waals surface area contributed by atoms with E-state index in [0.717, 1.165) is 22.6 Å². The van der Waals surface area contributed by atoms with Crippen molar-refractivity contribution >= 4 is 35.1 Å². The third-order valence-electron chi connectivity index (χ3n) is 3.78. The summed E-state index contributed by atoms with van der Waals surface area (Å²) in [6, 6.07) is 21.1. The van der Waals surface area contributed by atoms with E-state index in [0.29, 0.717) is 16.7 Å². The number of ether oxygens (including phenoxy) is 1. The van der Waals surface area contributed by atoms with Crippen LogP contribution in [0.3, 0.4) is 0 Å². The molecule has 3 rings (SSSR count). The molecular formula is C21H18Cl2N2O. The first-order chi connectivity index (χ1) is 12.6. The zero-order chi connectivity index (χ0) is 18.4. The second-order valence-corrected chi connectivity index (χ2v) is 6.61. The van der Waals surface area contributed by atoms with E-state index in [1.54, 1.807) is 18.3 Å². The van der Waals surface area contributed by atoms with Gasteiger partial charge in [-0.05, 0) is 61.0 Å². The van der Waals surface area contributed by atoms with Crippen LogP contribution in [-0.4, -0.2) is 6.21 Å². The molecule has 0 aromatic heterocycles. The Morgan fingerprint density at radius 1 is 0.923 bits per heavy atom. The molecule has 0 fully saturated rings. The number of nitrogens with one attached hydrogen (secondary N) is 1. The quantitative estimate of drug-likeness (QED) is 0.398. The van der Waals surface area contributed by atoms with Gasteiger partial charge in [0, 0.05) is 15.6 Å². The van der Waals surface area contributed by atoms with E-state index in [1.165, 1.54) is 5.56 Å². The molecule has 0 aliphatic rings. The minimum atomic E-state index is 0.320. The summed E-state index contributed by atoms with van der Waals surface area (Å²) >= 11 is 12.3. The van der Waals surface area contributed by atoms with Gasteiger partial charge in [-0.1, -0.05) is 47.0 Å². The van der Waals surface area contributed by atoms with Crippen LogP contribution in [0.1, 0.15) is 16.7 Å². The molecule has 132 valence electrons. The van der Waals surface area contributed by atoms with Gasteiger partial charge in [-0.3, -0.25) is 5.43 Å². The number of aryl methyl sites for hydroxylation is 1. The van der Waals surface area contributed by atoms with Crippen LogP contribution >= 0.6 is 23.2 Å². The highest BCUT2D eigenvalue weighted by Gasteiger charge is 2.06. The first-order valence-electron chi connectivity index (χ1n) is 8.13. The Morgan fingerprint density at radius 3 is 2.23 bits per heavy atom. The Labute approximate surface area is 163 Å². The number of rotatable bonds is 6. The summed E-state index contributed by atoms with van der Waals surface area (Å²) < 4.78 is 5.76. The zero-order valence-electron chi connectivity index (χ0n) is 14.2. The lowest BCUT2D eigenvalue weighted by Gasteiger charge is -2.09. The van der Waals surface area contributed by atoms with Crippen molar-refractivity contribution in [1.29, 1.82) is 0 Å². The number of hydrogen-bond acceptors (Lipinski definition) is 3. The van der Waals surface area contributed by atoms with Gasteiger partial charge < -0.3 is 4.74 Å². The lowest BCUT2D eigenvalue weighted by Crippen LogP contribution is -1.97. The van der Waals surface area contributed by atoms with Crippen molar-refractivity contribution in [3.05, 3.63) is 93.5 Å². The van der Waals surface area contributed by atoms with Gasteiger partial charge in [0.25, 0.3) is 0 Å². The summed E-state index contributed by atoms with van der Waals surface area (Å²) in [6.45, 7) is 2.37. The topological polar surface area (TPSA) is 33.6 Å². The molecule has 0 saturated carbocycles. The standard InChI is InChI=1S/C21H18Cl2N2O/c1-15-5-9-17(10-6-15)25-24-13-16-7-11-18(12-8-16)26-14-19-20(22)3-2-4-21(19)23/h2-13,25H,14H2,1H3.